The van der Waals surface area contributed by atoms with E-state index in [0.717, 1.165) is 11.1 Å². The highest BCUT2D eigenvalue weighted by atomic mass is 16.6. The van der Waals surface area contributed by atoms with Crippen LogP contribution in [-0.4, -0.2) is 10.8 Å². The van der Waals surface area contributed by atoms with Crippen molar-refractivity contribution in [3.05, 3.63) is 106 Å². The van der Waals surface area contributed by atoms with Crippen LogP contribution >= 0.6 is 0 Å². The number of rotatable bonds is 5. The maximum atomic E-state index is 12.9. The number of amides is 1. The van der Waals surface area contributed by atoms with Crippen molar-refractivity contribution in [2.75, 3.05) is 5.32 Å². The van der Waals surface area contributed by atoms with Gasteiger partial charge in [0.05, 0.1) is 10.8 Å². The Kier molecular flexibility index (Phi) is 4.20. The number of anilines is 1. The van der Waals surface area contributed by atoms with Crippen molar-refractivity contribution in [1.29, 1.82) is 0 Å². The molecule has 1 N–H and O–H groups in total. The summed E-state index contributed by atoms with van der Waals surface area (Å²) in [4.78, 5) is 23.4. The van der Waals surface area contributed by atoms with Crippen molar-refractivity contribution < 1.29 is 9.72 Å². The first kappa shape index (κ1) is 17.0. The summed E-state index contributed by atoms with van der Waals surface area (Å²) in [6, 6.07) is 26.1. The van der Waals surface area contributed by atoms with Crippen LogP contribution in [-0.2, 0) is 10.2 Å². The second kappa shape index (κ2) is 6.68. The van der Waals surface area contributed by atoms with Gasteiger partial charge in [-0.15, -0.1) is 0 Å². The van der Waals surface area contributed by atoms with Gasteiger partial charge in [0.1, 0.15) is 0 Å². The zero-order valence-corrected chi connectivity index (χ0v) is 14.5. The zero-order chi connectivity index (χ0) is 18.9. The molecular weight excluding hydrogens is 340 g/mol. The number of carbonyl (C=O) groups excluding carboxylic acids is 1. The van der Waals surface area contributed by atoms with Crippen LogP contribution in [0.1, 0.15) is 17.5 Å². The molecule has 1 fully saturated rings. The van der Waals surface area contributed by atoms with Gasteiger partial charge < -0.3 is 5.32 Å². The molecule has 1 atom stereocenters. The number of benzene rings is 3. The van der Waals surface area contributed by atoms with E-state index in [-0.39, 0.29) is 22.9 Å². The third-order valence-corrected chi connectivity index (χ3v) is 5.18. The second-order valence-corrected chi connectivity index (χ2v) is 6.76. The first-order valence-electron chi connectivity index (χ1n) is 8.77. The van der Waals surface area contributed by atoms with E-state index in [9.17, 15) is 14.9 Å². The number of nitrogens with zero attached hydrogens (tertiary/aromatic N) is 1. The molecule has 5 nitrogen and oxygen atoms in total. The summed E-state index contributed by atoms with van der Waals surface area (Å²) in [6.07, 6.45) is 0.710. The SMILES string of the molecule is O=C(Nc1cccc([N+](=O)[O-])c1)[C@@H]1CC1(c1ccccc1)c1ccccc1. The first-order valence-corrected chi connectivity index (χ1v) is 8.77. The lowest BCUT2D eigenvalue weighted by Crippen LogP contribution is -2.22. The number of hydrogen-bond acceptors (Lipinski definition) is 3. The predicted molar refractivity (Wildman–Crippen MR) is 103 cm³/mol. The first-order chi connectivity index (χ1) is 13.1. The Morgan fingerprint density at radius 3 is 2.07 bits per heavy atom. The molecule has 1 aliphatic rings. The highest BCUT2D eigenvalue weighted by Crippen LogP contribution is 2.59. The fraction of sp³-hybridized carbons (Fsp3) is 0.136. The van der Waals surface area contributed by atoms with Gasteiger partial charge >= 0.3 is 0 Å². The third-order valence-electron chi connectivity index (χ3n) is 5.18. The second-order valence-electron chi connectivity index (χ2n) is 6.76. The minimum atomic E-state index is -0.467. The monoisotopic (exact) mass is 358 g/mol. The molecular formula is C22H18N2O3. The van der Waals surface area contributed by atoms with Gasteiger partial charge in [0, 0.05) is 23.2 Å². The number of carbonyl (C=O) groups is 1. The van der Waals surface area contributed by atoms with Crippen molar-refractivity contribution in [3.8, 4) is 0 Å². The van der Waals surface area contributed by atoms with E-state index in [0.29, 0.717) is 12.1 Å². The fourth-order valence-corrected chi connectivity index (χ4v) is 3.78. The molecule has 0 aromatic heterocycles. The molecule has 4 rings (SSSR count). The topological polar surface area (TPSA) is 72.2 Å². The van der Waals surface area contributed by atoms with Crippen molar-refractivity contribution in [3.63, 3.8) is 0 Å². The molecule has 134 valence electrons. The largest absolute Gasteiger partial charge is 0.326 e. The Labute approximate surface area is 156 Å². The van der Waals surface area contributed by atoms with Crippen LogP contribution < -0.4 is 5.32 Å². The third kappa shape index (κ3) is 3.08. The molecule has 0 saturated heterocycles. The molecule has 1 amide bonds. The molecule has 3 aromatic carbocycles. The van der Waals surface area contributed by atoms with E-state index in [1.807, 2.05) is 60.7 Å². The number of nitro benzene ring substituents is 1. The van der Waals surface area contributed by atoms with Crippen LogP contribution in [0.3, 0.4) is 0 Å². The molecule has 3 aromatic rings. The molecule has 0 radical (unpaired) electrons. The molecule has 0 heterocycles. The number of hydrogen-bond donors (Lipinski definition) is 1. The van der Waals surface area contributed by atoms with Crippen molar-refractivity contribution in [1.82, 2.24) is 0 Å². The van der Waals surface area contributed by atoms with Gasteiger partial charge in [0.25, 0.3) is 5.69 Å². The maximum absolute atomic E-state index is 12.9. The minimum absolute atomic E-state index is 0.0408. The summed E-state index contributed by atoms with van der Waals surface area (Å²) in [5.41, 5.74) is 2.26. The number of nitrogens with one attached hydrogen (secondary N) is 1. The van der Waals surface area contributed by atoms with E-state index in [2.05, 4.69) is 5.32 Å². The Balaban J connectivity index is 1.63. The predicted octanol–water partition coefficient (Wildman–Crippen LogP) is 4.54. The Morgan fingerprint density at radius 1 is 0.926 bits per heavy atom. The summed E-state index contributed by atoms with van der Waals surface area (Å²) in [5.74, 6) is -0.343. The lowest BCUT2D eigenvalue weighted by molar-refractivity contribution is -0.384. The maximum Gasteiger partial charge on any atom is 0.271 e. The van der Waals surface area contributed by atoms with Crippen LogP contribution in [0, 0.1) is 16.0 Å². The summed E-state index contributed by atoms with van der Waals surface area (Å²) in [6.45, 7) is 0. The molecule has 5 heteroatoms. The van der Waals surface area contributed by atoms with E-state index in [1.54, 1.807) is 12.1 Å². The minimum Gasteiger partial charge on any atom is -0.326 e. The van der Waals surface area contributed by atoms with Crippen molar-refractivity contribution >= 4 is 17.3 Å². The molecule has 0 aliphatic heterocycles. The quantitative estimate of drug-likeness (QED) is 0.537. The lowest BCUT2D eigenvalue weighted by atomic mass is 9.85. The highest BCUT2D eigenvalue weighted by Gasteiger charge is 2.60. The van der Waals surface area contributed by atoms with Gasteiger partial charge in [0.2, 0.25) is 5.91 Å². The Hall–Kier alpha value is -3.47. The highest BCUT2D eigenvalue weighted by molar-refractivity contribution is 5.97. The summed E-state index contributed by atoms with van der Waals surface area (Å²) in [5, 5.41) is 13.8. The van der Waals surface area contributed by atoms with Crippen LogP contribution in [0.15, 0.2) is 84.9 Å². The van der Waals surface area contributed by atoms with Crippen LogP contribution in [0.4, 0.5) is 11.4 Å². The van der Waals surface area contributed by atoms with E-state index in [4.69, 9.17) is 0 Å². The van der Waals surface area contributed by atoms with E-state index >= 15 is 0 Å². The summed E-state index contributed by atoms with van der Waals surface area (Å²) >= 11 is 0. The fourth-order valence-electron chi connectivity index (χ4n) is 3.78. The standard InChI is InChI=1S/C22H18N2O3/c25-21(23-18-12-7-13-19(14-18)24(26)27)20-15-22(20,16-8-3-1-4-9-16)17-10-5-2-6-11-17/h1-14,20H,15H2,(H,23,25)/t20-/m0/s1. The molecule has 0 unspecified atom stereocenters. The van der Waals surface area contributed by atoms with Gasteiger partial charge in [0.15, 0.2) is 0 Å². The number of non-ortho nitro benzene ring substituents is 1. The van der Waals surface area contributed by atoms with Crippen LogP contribution in [0.25, 0.3) is 0 Å². The average molecular weight is 358 g/mol. The molecule has 27 heavy (non-hydrogen) atoms. The Morgan fingerprint density at radius 2 is 1.52 bits per heavy atom. The van der Waals surface area contributed by atoms with Gasteiger partial charge in [-0.25, -0.2) is 0 Å². The van der Waals surface area contributed by atoms with Crippen LogP contribution in [0.2, 0.25) is 0 Å². The van der Waals surface area contributed by atoms with Crippen molar-refractivity contribution in [2.45, 2.75) is 11.8 Å². The molecule has 0 bridgehead atoms. The average Bonchev–Trinajstić information content (AvgIpc) is 3.47. The van der Waals surface area contributed by atoms with Gasteiger partial charge in [-0.3, -0.25) is 14.9 Å². The van der Waals surface area contributed by atoms with Crippen LogP contribution in [0.5, 0.6) is 0 Å². The summed E-state index contributed by atoms with van der Waals surface area (Å²) < 4.78 is 0. The van der Waals surface area contributed by atoms with E-state index in [1.165, 1.54) is 12.1 Å². The zero-order valence-electron chi connectivity index (χ0n) is 14.5. The van der Waals surface area contributed by atoms with Gasteiger partial charge in [-0.2, -0.15) is 0 Å². The lowest BCUT2D eigenvalue weighted by Gasteiger charge is -2.19. The Bertz CT molecular complexity index is 947. The molecule has 1 aliphatic carbocycles. The number of nitro groups is 1. The smallest absolute Gasteiger partial charge is 0.271 e. The normalized spacial score (nSPS) is 17.1. The molecule has 0 spiro atoms. The van der Waals surface area contributed by atoms with Gasteiger partial charge in [-0.1, -0.05) is 66.7 Å². The van der Waals surface area contributed by atoms with E-state index < -0.39 is 4.92 Å². The van der Waals surface area contributed by atoms with Gasteiger partial charge in [-0.05, 0) is 23.6 Å². The van der Waals surface area contributed by atoms with Crippen molar-refractivity contribution in [2.24, 2.45) is 5.92 Å². The molecule has 1 saturated carbocycles. The summed E-state index contributed by atoms with van der Waals surface area (Å²) in [7, 11) is 0.